The molecule has 0 aliphatic heterocycles. The summed E-state index contributed by atoms with van der Waals surface area (Å²) in [4.78, 5) is 26.2. The van der Waals surface area contributed by atoms with Crippen molar-refractivity contribution in [2.45, 2.75) is 38.7 Å². The Hall–Kier alpha value is -1.33. The van der Waals surface area contributed by atoms with Gasteiger partial charge in [-0.05, 0) is 19.8 Å². The molecule has 0 radical (unpaired) electrons. The third-order valence-corrected chi connectivity index (χ3v) is 2.51. The average molecular weight is 217 g/mol. The molecule has 2 atom stereocenters. The summed E-state index contributed by atoms with van der Waals surface area (Å²) in [6, 6.07) is 0. The van der Waals surface area contributed by atoms with Crippen molar-refractivity contribution in [2.75, 3.05) is 6.61 Å². The number of carbonyl (C=O) groups is 1. The molecule has 1 aliphatic rings. The molecule has 1 fully saturated rings. The van der Waals surface area contributed by atoms with Gasteiger partial charge in [-0.15, -0.1) is 10.1 Å². The van der Waals surface area contributed by atoms with E-state index in [0.29, 0.717) is 19.4 Å². The molecule has 2 unspecified atom stereocenters. The maximum absolute atomic E-state index is 11.5. The van der Waals surface area contributed by atoms with Crippen molar-refractivity contribution in [1.82, 2.24) is 0 Å². The van der Waals surface area contributed by atoms with Crippen molar-refractivity contribution in [3.63, 3.8) is 0 Å². The van der Waals surface area contributed by atoms with Gasteiger partial charge in [0.15, 0.2) is 0 Å². The first-order valence-corrected chi connectivity index (χ1v) is 5.13. The Bertz CT molecular complexity index is 243. The van der Waals surface area contributed by atoms with E-state index in [2.05, 4.69) is 4.84 Å². The molecule has 0 spiro atoms. The van der Waals surface area contributed by atoms with Crippen LogP contribution < -0.4 is 0 Å². The summed E-state index contributed by atoms with van der Waals surface area (Å²) in [5, 5.41) is 9.39. The third kappa shape index (κ3) is 3.38. The third-order valence-electron chi connectivity index (χ3n) is 2.51. The molecule has 0 heterocycles. The van der Waals surface area contributed by atoms with Gasteiger partial charge in [0.25, 0.3) is 5.09 Å². The number of carbonyl (C=O) groups excluding carboxylic acids is 1. The minimum absolute atomic E-state index is 0.292. The predicted molar refractivity (Wildman–Crippen MR) is 50.5 cm³/mol. The SMILES string of the molecule is CCOC(=O)C1CCCCC1O[N+](=O)[O-]. The van der Waals surface area contributed by atoms with Crippen LogP contribution >= 0.6 is 0 Å². The van der Waals surface area contributed by atoms with Crippen LogP contribution in [-0.4, -0.2) is 23.8 Å². The molecule has 0 N–H and O–H groups in total. The highest BCUT2D eigenvalue weighted by Gasteiger charge is 2.34. The van der Waals surface area contributed by atoms with Gasteiger partial charge in [-0.2, -0.15) is 0 Å². The molecule has 0 aromatic rings. The Kier molecular flexibility index (Phi) is 4.33. The zero-order chi connectivity index (χ0) is 11.3. The number of rotatable bonds is 4. The normalized spacial score (nSPS) is 25.7. The van der Waals surface area contributed by atoms with E-state index in [0.717, 1.165) is 12.8 Å². The van der Waals surface area contributed by atoms with Crippen LogP contribution in [0.5, 0.6) is 0 Å². The standard InChI is InChI=1S/C9H15NO5/c1-2-14-9(11)7-5-3-4-6-8(7)15-10(12)13/h7-8H,2-6H2,1H3. The molecule has 0 amide bonds. The highest BCUT2D eigenvalue weighted by Crippen LogP contribution is 2.27. The van der Waals surface area contributed by atoms with Gasteiger partial charge in [0, 0.05) is 0 Å². The molecular formula is C9H15NO5. The van der Waals surface area contributed by atoms with Crippen LogP contribution in [0, 0.1) is 16.0 Å². The molecule has 0 bridgehead atoms. The lowest BCUT2D eigenvalue weighted by Crippen LogP contribution is -2.36. The highest BCUT2D eigenvalue weighted by molar-refractivity contribution is 5.73. The smallest absolute Gasteiger partial charge is 0.311 e. The fraction of sp³-hybridized carbons (Fsp3) is 0.889. The fourth-order valence-corrected chi connectivity index (χ4v) is 1.85. The first-order valence-electron chi connectivity index (χ1n) is 5.13. The van der Waals surface area contributed by atoms with Crippen molar-refractivity contribution < 1.29 is 19.5 Å². The van der Waals surface area contributed by atoms with Gasteiger partial charge in [0.1, 0.15) is 6.10 Å². The van der Waals surface area contributed by atoms with E-state index in [1.165, 1.54) is 0 Å². The summed E-state index contributed by atoms with van der Waals surface area (Å²) in [7, 11) is 0. The largest absolute Gasteiger partial charge is 0.466 e. The van der Waals surface area contributed by atoms with Crippen molar-refractivity contribution in [1.29, 1.82) is 0 Å². The highest BCUT2D eigenvalue weighted by atomic mass is 17.0. The molecule has 1 aliphatic carbocycles. The predicted octanol–water partition coefficient (Wildman–Crippen LogP) is 1.32. The lowest BCUT2D eigenvalue weighted by atomic mass is 9.86. The Balaban J connectivity index is 2.56. The van der Waals surface area contributed by atoms with Crippen LogP contribution in [0.4, 0.5) is 0 Å². The van der Waals surface area contributed by atoms with Gasteiger partial charge in [-0.1, -0.05) is 12.8 Å². The molecule has 0 aromatic heterocycles. The van der Waals surface area contributed by atoms with Gasteiger partial charge in [-0.3, -0.25) is 4.79 Å². The van der Waals surface area contributed by atoms with Gasteiger partial charge in [0.05, 0.1) is 12.5 Å². The molecule has 1 rings (SSSR count). The van der Waals surface area contributed by atoms with E-state index in [1.54, 1.807) is 6.92 Å². The summed E-state index contributed by atoms with van der Waals surface area (Å²) in [5.41, 5.74) is 0. The van der Waals surface area contributed by atoms with Crippen molar-refractivity contribution >= 4 is 5.97 Å². The summed E-state index contributed by atoms with van der Waals surface area (Å²) in [5.74, 6) is -0.867. The van der Waals surface area contributed by atoms with Gasteiger partial charge < -0.3 is 9.57 Å². The van der Waals surface area contributed by atoms with Crippen LogP contribution in [0.1, 0.15) is 32.6 Å². The Morgan fingerprint density at radius 1 is 1.47 bits per heavy atom. The maximum Gasteiger partial charge on any atom is 0.311 e. The Labute approximate surface area is 87.6 Å². The van der Waals surface area contributed by atoms with Crippen LogP contribution in [0.25, 0.3) is 0 Å². The number of nitrogens with zero attached hydrogens (tertiary/aromatic N) is 1. The van der Waals surface area contributed by atoms with Crippen LogP contribution in [0.2, 0.25) is 0 Å². The summed E-state index contributed by atoms with van der Waals surface area (Å²) in [6.45, 7) is 2.00. The van der Waals surface area contributed by atoms with E-state index in [4.69, 9.17) is 4.74 Å². The second-order valence-electron chi connectivity index (χ2n) is 3.51. The van der Waals surface area contributed by atoms with Crippen molar-refractivity contribution in [3.05, 3.63) is 10.1 Å². The lowest BCUT2D eigenvalue weighted by molar-refractivity contribution is -0.770. The van der Waals surface area contributed by atoms with E-state index in [9.17, 15) is 14.9 Å². The summed E-state index contributed by atoms with van der Waals surface area (Å²) in [6.07, 6.45) is 2.27. The molecule has 6 heteroatoms. The first-order chi connectivity index (χ1) is 7.15. The second-order valence-corrected chi connectivity index (χ2v) is 3.51. The van der Waals surface area contributed by atoms with Crippen LogP contribution in [0.15, 0.2) is 0 Å². The summed E-state index contributed by atoms with van der Waals surface area (Å²) >= 11 is 0. The quantitative estimate of drug-likeness (QED) is 0.403. The maximum atomic E-state index is 11.5. The topological polar surface area (TPSA) is 78.7 Å². The first kappa shape index (κ1) is 11.7. The van der Waals surface area contributed by atoms with Gasteiger partial charge >= 0.3 is 5.97 Å². The zero-order valence-corrected chi connectivity index (χ0v) is 8.68. The molecular weight excluding hydrogens is 202 g/mol. The number of ether oxygens (including phenoxy) is 1. The number of hydrogen-bond acceptors (Lipinski definition) is 5. The average Bonchev–Trinajstić information content (AvgIpc) is 2.18. The molecule has 1 saturated carbocycles. The minimum atomic E-state index is -0.831. The van der Waals surface area contributed by atoms with Gasteiger partial charge in [0.2, 0.25) is 0 Å². The Morgan fingerprint density at radius 2 is 2.13 bits per heavy atom. The molecule has 86 valence electrons. The van der Waals surface area contributed by atoms with Gasteiger partial charge in [-0.25, -0.2) is 0 Å². The van der Waals surface area contributed by atoms with E-state index in [1.807, 2.05) is 0 Å². The molecule has 6 nitrogen and oxygen atoms in total. The van der Waals surface area contributed by atoms with Crippen LogP contribution in [-0.2, 0) is 14.4 Å². The molecule has 0 aromatic carbocycles. The van der Waals surface area contributed by atoms with E-state index < -0.39 is 17.1 Å². The van der Waals surface area contributed by atoms with E-state index in [-0.39, 0.29) is 5.97 Å². The lowest BCUT2D eigenvalue weighted by Gasteiger charge is -2.27. The van der Waals surface area contributed by atoms with E-state index >= 15 is 0 Å². The second kappa shape index (κ2) is 5.53. The van der Waals surface area contributed by atoms with Crippen molar-refractivity contribution in [3.8, 4) is 0 Å². The number of hydrogen-bond donors (Lipinski definition) is 0. The summed E-state index contributed by atoms with van der Waals surface area (Å²) < 4.78 is 4.85. The molecule has 15 heavy (non-hydrogen) atoms. The monoisotopic (exact) mass is 217 g/mol. The number of esters is 1. The van der Waals surface area contributed by atoms with Crippen molar-refractivity contribution in [2.24, 2.45) is 5.92 Å². The zero-order valence-electron chi connectivity index (χ0n) is 8.68. The Morgan fingerprint density at radius 3 is 2.73 bits per heavy atom. The fourth-order valence-electron chi connectivity index (χ4n) is 1.85. The van der Waals surface area contributed by atoms with Crippen LogP contribution in [0.3, 0.4) is 0 Å². The minimum Gasteiger partial charge on any atom is -0.466 e. The molecule has 0 saturated heterocycles.